The van der Waals surface area contributed by atoms with Gasteiger partial charge in [-0.25, -0.2) is 0 Å². The van der Waals surface area contributed by atoms with Crippen LogP contribution in [0, 0.1) is 46.3 Å². The summed E-state index contributed by atoms with van der Waals surface area (Å²) in [6.07, 6.45) is 13.2. The van der Waals surface area contributed by atoms with E-state index >= 15 is 0 Å². The van der Waals surface area contributed by atoms with E-state index in [9.17, 15) is 14.4 Å². The molecule has 4 fully saturated rings. The molecule has 4 aliphatic carbocycles. The zero-order chi connectivity index (χ0) is 27.0. The van der Waals surface area contributed by atoms with Gasteiger partial charge in [0.15, 0.2) is 0 Å². The molecule has 0 spiro atoms. The Morgan fingerprint density at radius 3 is 2.32 bits per heavy atom. The fourth-order valence-electron chi connectivity index (χ4n) is 9.77. The molecule has 37 heavy (non-hydrogen) atoms. The van der Waals surface area contributed by atoms with Crippen molar-refractivity contribution in [3.05, 3.63) is 0 Å². The van der Waals surface area contributed by atoms with E-state index in [2.05, 4.69) is 20.8 Å². The predicted octanol–water partition coefficient (Wildman–Crippen LogP) is 5.64. The summed E-state index contributed by atoms with van der Waals surface area (Å²) in [5.41, 5.74) is 6.44. The lowest BCUT2D eigenvalue weighted by Crippen LogP contribution is -2.54. The monoisotopic (exact) mass is 519 g/mol. The summed E-state index contributed by atoms with van der Waals surface area (Å²) in [7, 11) is 0. The van der Waals surface area contributed by atoms with E-state index in [4.69, 9.17) is 20.7 Å². The van der Waals surface area contributed by atoms with Crippen LogP contribution in [0.1, 0.15) is 111 Å². The number of carboxylic acids is 2. The van der Waals surface area contributed by atoms with E-state index in [0.29, 0.717) is 17.3 Å². The molecule has 0 aromatic rings. The van der Waals surface area contributed by atoms with Gasteiger partial charge in [-0.2, -0.15) is 0 Å². The molecular formula is C30H49NO6. The molecule has 210 valence electrons. The van der Waals surface area contributed by atoms with Gasteiger partial charge >= 0.3 is 17.9 Å². The topological polar surface area (TPSA) is 127 Å². The lowest BCUT2D eigenvalue weighted by atomic mass is 9.44. The maximum atomic E-state index is 12.3. The van der Waals surface area contributed by atoms with Crippen LogP contribution in [-0.4, -0.2) is 40.3 Å². The van der Waals surface area contributed by atoms with Gasteiger partial charge in [0.25, 0.3) is 0 Å². The Morgan fingerprint density at radius 1 is 0.919 bits per heavy atom. The summed E-state index contributed by atoms with van der Waals surface area (Å²) in [5.74, 6) is 1.93. The minimum Gasteiger partial charge on any atom is -0.481 e. The van der Waals surface area contributed by atoms with E-state index in [0.717, 1.165) is 62.2 Å². The number of carbonyl (C=O) groups excluding carboxylic acids is 1. The Labute approximate surface area is 222 Å². The number of carbonyl (C=O) groups is 3. The molecular weight excluding hydrogens is 470 g/mol. The quantitative estimate of drug-likeness (QED) is 0.252. The highest BCUT2D eigenvalue weighted by atomic mass is 16.5. The number of unbranched alkanes of at least 4 members (excludes halogenated alkanes) is 1. The minimum atomic E-state index is -1.09. The van der Waals surface area contributed by atoms with Gasteiger partial charge in [0.2, 0.25) is 0 Å². The highest BCUT2D eigenvalue weighted by molar-refractivity contribution is 5.81. The smallest absolute Gasteiger partial charge is 0.323 e. The van der Waals surface area contributed by atoms with Crippen LogP contribution >= 0.6 is 0 Å². The molecule has 4 N–H and O–H groups in total. The van der Waals surface area contributed by atoms with Gasteiger partial charge < -0.3 is 20.7 Å². The largest absolute Gasteiger partial charge is 0.481 e. The second kappa shape index (κ2) is 11.2. The molecule has 4 aliphatic rings. The van der Waals surface area contributed by atoms with E-state index in [-0.39, 0.29) is 17.9 Å². The first-order chi connectivity index (χ1) is 17.5. The average molecular weight is 520 g/mol. The van der Waals surface area contributed by atoms with Crippen molar-refractivity contribution in [3.8, 4) is 0 Å². The number of fused-ring (bicyclic) bond motifs is 5. The summed E-state index contributed by atoms with van der Waals surface area (Å²) in [5, 5.41) is 17.9. The third kappa shape index (κ3) is 5.72. The molecule has 1 unspecified atom stereocenters. The number of hydrogen-bond acceptors (Lipinski definition) is 5. The highest BCUT2D eigenvalue weighted by Crippen LogP contribution is 2.68. The fourth-order valence-corrected chi connectivity index (χ4v) is 9.77. The second-order valence-electron chi connectivity index (χ2n) is 13.5. The highest BCUT2D eigenvalue weighted by Gasteiger charge is 2.60. The SMILES string of the molecule is C[C@H](CCCCC(=O)O)C1CC[C@H]2[C@@H]3CC[C@@H]4C[C@H](OC(=O)[C@H](N)CC(=O)O)CC[C@]4(C)[C@H]3CC[C@]12C. The van der Waals surface area contributed by atoms with E-state index in [1.165, 1.54) is 38.5 Å². The Balaban J connectivity index is 1.36. The summed E-state index contributed by atoms with van der Waals surface area (Å²) in [6.45, 7) is 7.49. The molecule has 0 aliphatic heterocycles. The molecule has 7 nitrogen and oxygen atoms in total. The van der Waals surface area contributed by atoms with Crippen LogP contribution in [0.25, 0.3) is 0 Å². The summed E-state index contributed by atoms with van der Waals surface area (Å²) >= 11 is 0. The van der Waals surface area contributed by atoms with Gasteiger partial charge in [0, 0.05) is 6.42 Å². The maximum Gasteiger partial charge on any atom is 0.323 e. The van der Waals surface area contributed by atoms with Crippen molar-refractivity contribution in [2.75, 3.05) is 0 Å². The van der Waals surface area contributed by atoms with Crippen molar-refractivity contribution in [1.82, 2.24) is 0 Å². The fraction of sp³-hybridized carbons (Fsp3) is 0.900. The number of nitrogens with two attached hydrogens (primary N) is 1. The Bertz CT molecular complexity index is 861. The van der Waals surface area contributed by atoms with Crippen LogP contribution in [0.15, 0.2) is 0 Å². The van der Waals surface area contributed by atoms with Gasteiger partial charge in [-0.15, -0.1) is 0 Å². The predicted molar refractivity (Wildman–Crippen MR) is 141 cm³/mol. The third-order valence-electron chi connectivity index (χ3n) is 11.7. The molecule has 0 aromatic carbocycles. The van der Waals surface area contributed by atoms with Crippen LogP contribution in [0.4, 0.5) is 0 Å². The van der Waals surface area contributed by atoms with Crippen LogP contribution in [0.5, 0.6) is 0 Å². The van der Waals surface area contributed by atoms with E-state index in [1.54, 1.807) is 0 Å². The number of rotatable bonds is 10. The third-order valence-corrected chi connectivity index (χ3v) is 11.7. The van der Waals surface area contributed by atoms with Gasteiger partial charge in [-0.05, 0) is 111 Å². The lowest BCUT2D eigenvalue weighted by molar-refractivity contribution is -0.165. The van der Waals surface area contributed by atoms with Crippen LogP contribution in [-0.2, 0) is 19.1 Å². The van der Waals surface area contributed by atoms with Crippen molar-refractivity contribution >= 4 is 17.9 Å². The Hall–Kier alpha value is -1.63. The van der Waals surface area contributed by atoms with Crippen molar-refractivity contribution in [3.63, 3.8) is 0 Å². The van der Waals surface area contributed by atoms with E-state index < -0.39 is 30.4 Å². The molecule has 0 aromatic heterocycles. The van der Waals surface area contributed by atoms with Crippen molar-refractivity contribution in [2.24, 2.45) is 52.1 Å². The van der Waals surface area contributed by atoms with Gasteiger partial charge in [0.1, 0.15) is 12.1 Å². The number of esters is 1. The van der Waals surface area contributed by atoms with Crippen molar-refractivity contribution < 1.29 is 29.3 Å². The zero-order valence-electron chi connectivity index (χ0n) is 23.1. The molecule has 0 heterocycles. The molecule has 0 bridgehead atoms. The Kier molecular flexibility index (Phi) is 8.62. The molecule has 0 radical (unpaired) electrons. The molecule has 4 saturated carbocycles. The number of aliphatic carboxylic acids is 2. The van der Waals surface area contributed by atoms with Gasteiger partial charge in [0.05, 0.1) is 6.42 Å². The normalized spacial score (nSPS) is 40.5. The first kappa shape index (κ1) is 28.4. The number of hydrogen-bond donors (Lipinski definition) is 3. The first-order valence-electron chi connectivity index (χ1n) is 14.9. The Morgan fingerprint density at radius 2 is 1.62 bits per heavy atom. The van der Waals surface area contributed by atoms with Crippen LogP contribution in [0.3, 0.4) is 0 Å². The molecule has 10 atom stereocenters. The minimum absolute atomic E-state index is 0.145. The zero-order valence-corrected chi connectivity index (χ0v) is 23.1. The summed E-state index contributed by atoms with van der Waals surface area (Å²) in [4.78, 5) is 34.1. The van der Waals surface area contributed by atoms with Crippen LogP contribution < -0.4 is 5.73 Å². The molecule has 7 heteroatoms. The van der Waals surface area contributed by atoms with E-state index in [1.807, 2.05) is 0 Å². The standard InChI is InChI=1S/C30H49NO6/c1-18(6-4-5-7-26(32)33)22-10-11-23-21-9-8-19-16-20(37-28(36)25(31)17-27(34)35)12-14-29(19,2)24(21)13-15-30(22,23)3/h18-25H,4-17,31H2,1-3H3,(H,32,33)(H,34,35)/t18-,19-,20-,21+,22?,23+,24+,25-,29+,30-/m1/s1. The number of carboxylic acid groups (broad SMARTS) is 2. The van der Waals surface area contributed by atoms with Gasteiger partial charge in [-0.1, -0.05) is 33.6 Å². The van der Waals surface area contributed by atoms with Gasteiger partial charge in [-0.3, -0.25) is 14.4 Å². The van der Waals surface area contributed by atoms with Crippen LogP contribution in [0.2, 0.25) is 0 Å². The molecule has 0 saturated heterocycles. The second-order valence-corrected chi connectivity index (χ2v) is 13.5. The lowest BCUT2D eigenvalue weighted by Gasteiger charge is -2.61. The molecule has 0 amide bonds. The first-order valence-corrected chi connectivity index (χ1v) is 14.9. The van der Waals surface area contributed by atoms with Crippen molar-refractivity contribution in [2.45, 2.75) is 123 Å². The summed E-state index contributed by atoms with van der Waals surface area (Å²) < 4.78 is 5.70. The molecule has 4 rings (SSSR count). The summed E-state index contributed by atoms with van der Waals surface area (Å²) in [6, 6.07) is -1.09. The number of ether oxygens (including phenoxy) is 1. The maximum absolute atomic E-state index is 12.3. The average Bonchev–Trinajstić information content (AvgIpc) is 3.18. The van der Waals surface area contributed by atoms with Crippen molar-refractivity contribution in [1.29, 1.82) is 0 Å².